The van der Waals surface area contributed by atoms with Gasteiger partial charge in [-0.2, -0.15) is 5.10 Å². The highest BCUT2D eigenvalue weighted by molar-refractivity contribution is 5.95. The number of hydrogen-bond acceptors (Lipinski definition) is 3. The molecular weight excluding hydrogens is 240 g/mol. The summed E-state index contributed by atoms with van der Waals surface area (Å²) in [6, 6.07) is 11.3. The average molecular weight is 258 g/mol. The quantitative estimate of drug-likeness (QED) is 0.762. The van der Waals surface area contributed by atoms with Crippen molar-refractivity contribution in [2.45, 2.75) is 19.3 Å². The number of carbonyl (C=O) groups is 1. The summed E-state index contributed by atoms with van der Waals surface area (Å²) in [5, 5.41) is 9.69. The van der Waals surface area contributed by atoms with Gasteiger partial charge >= 0.3 is 0 Å². The number of nitrogens with two attached hydrogens (primary N) is 1. The second kappa shape index (κ2) is 6.15. The van der Waals surface area contributed by atoms with Gasteiger partial charge in [-0.05, 0) is 12.0 Å². The largest absolute Gasteiger partial charge is 0.329 e. The molecule has 4 N–H and O–H groups in total. The van der Waals surface area contributed by atoms with Crippen molar-refractivity contribution in [3.05, 3.63) is 47.7 Å². The summed E-state index contributed by atoms with van der Waals surface area (Å²) in [6.45, 7) is 2.28. The summed E-state index contributed by atoms with van der Waals surface area (Å²) in [4.78, 5) is 12.2. The Bertz CT molecular complexity index is 535. The van der Waals surface area contributed by atoms with Crippen LogP contribution in [0.15, 0.2) is 36.4 Å². The third-order valence-electron chi connectivity index (χ3n) is 3.02. The fraction of sp³-hybridized carbons (Fsp3) is 0.286. The van der Waals surface area contributed by atoms with Crippen molar-refractivity contribution >= 4 is 11.7 Å². The lowest BCUT2D eigenvalue weighted by Gasteiger charge is -2.13. The number of aryl methyl sites for hydroxylation is 1. The van der Waals surface area contributed by atoms with Crippen LogP contribution in [0.5, 0.6) is 0 Å². The van der Waals surface area contributed by atoms with E-state index in [0.29, 0.717) is 5.82 Å². The van der Waals surface area contributed by atoms with Crippen molar-refractivity contribution < 1.29 is 4.79 Å². The van der Waals surface area contributed by atoms with E-state index in [-0.39, 0.29) is 18.4 Å². The number of amides is 1. The van der Waals surface area contributed by atoms with E-state index in [1.807, 2.05) is 43.3 Å². The van der Waals surface area contributed by atoms with E-state index in [1.54, 1.807) is 0 Å². The van der Waals surface area contributed by atoms with Gasteiger partial charge in [0.15, 0.2) is 5.82 Å². The molecule has 19 heavy (non-hydrogen) atoms. The molecule has 5 heteroatoms. The Morgan fingerprint density at radius 3 is 2.74 bits per heavy atom. The maximum Gasteiger partial charge on any atom is 0.234 e. The maximum absolute atomic E-state index is 12.2. The molecule has 1 aromatic heterocycles. The van der Waals surface area contributed by atoms with Gasteiger partial charge in [-0.1, -0.05) is 37.3 Å². The summed E-state index contributed by atoms with van der Waals surface area (Å²) >= 11 is 0. The molecule has 1 heterocycles. The Balaban J connectivity index is 2.09. The predicted molar refractivity (Wildman–Crippen MR) is 74.8 cm³/mol. The lowest BCUT2D eigenvalue weighted by Crippen LogP contribution is -2.27. The highest BCUT2D eigenvalue weighted by atomic mass is 16.2. The van der Waals surface area contributed by atoms with Crippen molar-refractivity contribution in [1.29, 1.82) is 0 Å². The fourth-order valence-corrected chi connectivity index (χ4v) is 1.90. The van der Waals surface area contributed by atoms with Gasteiger partial charge in [0.25, 0.3) is 0 Å². The van der Waals surface area contributed by atoms with E-state index in [4.69, 9.17) is 5.73 Å². The van der Waals surface area contributed by atoms with Gasteiger partial charge < -0.3 is 11.1 Å². The van der Waals surface area contributed by atoms with Crippen LogP contribution in [0, 0.1) is 0 Å². The molecule has 0 saturated carbocycles. The smallest absolute Gasteiger partial charge is 0.234 e. The van der Waals surface area contributed by atoms with Gasteiger partial charge in [0.2, 0.25) is 5.91 Å². The number of H-pyrrole nitrogens is 1. The molecule has 100 valence electrons. The third kappa shape index (κ3) is 3.20. The summed E-state index contributed by atoms with van der Waals surface area (Å²) in [5.74, 6) is 0.0436. The maximum atomic E-state index is 12.2. The molecule has 1 atom stereocenters. The molecule has 2 aromatic rings. The molecular formula is C14H18N4O. The molecule has 1 unspecified atom stereocenters. The van der Waals surface area contributed by atoms with E-state index >= 15 is 0 Å². The second-order valence-corrected chi connectivity index (χ2v) is 4.32. The fourth-order valence-electron chi connectivity index (χ4n) is 1.90. The molecule has 0 aliphatic rings. The van der Waals surface area contributed by atoms with E-state index in [0.717, 1.165) is 17.7 Å². The number of carbonyl (C=O) groups excluding carboxylic acids is 1. The highest BCUT2D eigenvalue weighted by Gasteiger charge is 2.19. The van der Waals surface area contributed by atoms with E-state index in [9.17, 15) is 4.79 Å². The standard InChI is InChI=1S/C14H18N4O/c1-2-11-8-13(18-17-11)16-14(19)12(9-15)10-6-4-3-5-7-10/h3-8,12H,2,9,15H2,1H3,(H2,16,17,18,19). The number of hydrogen-bond donors (Lipinski definition) is 3. The average Bonchev–Trinajstić information content (AvgIpc) is 2.88. The SMILES string of the molecule is CCc1cc(NC(=O)C(CN)c2ccccc2)n[nH]1. The van der Waals surface area contributed by atoms with Crippen molar-refractivity contribution in [3.63, 3.8) is 0 Å². The van der Waals surface area contributed by atoms with E-state index in [2.05, 4.69) is 15.5 Å². The molecule has 0 radical (unpaired) electrons. The Morgan fingerprint density at radius 2 is 2.16 bits per heavy atom. The molecule has 5 nitrogen and oxygen atoms in total. The van der Waals surface area contributed by atoms with Crippen molar-refractivity contribution in [2.75, 3.05) is 11.9 Å². The lowest BCUT2D eigenvalue weighted by molar-refractivity contribution is -0.117. The first kappa shape index (κ1) is 13.3. The van der Waals surface area contributed by atoms with Gasteiger partial charge in [-0.3, -0.25) is 9.89 Å². The minimum Gasteiger partial charge on any atom is -0.329 e. The van der Waals surface area contributed by atoms with Gasteiger partial charge in [0.05, 0.1) is 5.92 Å². The number of aromatic nitrogens is 2. The van der Waals surface area contributed by atoms with Crippen LogP contribution >= 0.6 is 0 Å². The zero-order chi connectivity index (χ0) is 13.7. The Morgan fingerprint density at radius 1 is 1.42 bits per heavy atom. The van der Waals surface area contributed by atoms with Gasteiger partial charge in [-0.25, -0.2) is 0 Å². The summed E-state index contributed by atoms with van der Waals surface area (Å²) < 4.78 is 0. The Labute approximate surface area is 112 Å². The molecule has 0 aliphatic heterocycles. The monoisotopic (exact) mass is 258 g/mol. The molecule has 0 aliphatic carbocycles. The molecule has 1 aromatic carbocycles. The Hall–Kier alpha value is -2.14. The molecule has 2 rings (SSSR count). The first-order valence-electron chi connectivity index (χ1n) is 6.34. The highest BCUT2D eigenvalue weighted by Crippen LogP contribution is 2.16. The van der Waals surface area contributed by atoms with E-state index < -0.39 is 0 Å². The van der Waals surface area contributed by atoms with Gasteiger partial charge in [-0.15, -0.1) is 0 Å². The van der Waals surface area contributed by atoms with Gasteiger partial charge in [0.1, 0.15) is 0 Å². The Kier molecular flexibility index (Phi) is 4.30. The van der Waals surface area contributed by atoms with E-state index in [1.165, 1.54) is 0 Å². The van der Waals surface area contributed by atoms with Crippen LogP contribution < -0.4 is 11.1 Å². The van der Waals surface area contributed by atoms with Crippen LogP contribution in [0.3, 0.4) is 0 Å². The first-order valence-corrected chi connectivity index (χ1v) is 6.34. The molecule has 0 bridgehead atoms. The molecule has 0 saturated heterocycles. The molecule has 0 fully saturated rings. The lowest BCUT2D eigenvalue weighted by atomic mass is 9.98. The number of rotatable bonds is 5. The zero-order valence-electron chi connectivity index (χ0n) is 10.9. The minimum atomic E-state index is -0.358. The van der Waals surface area contributed by atoms with Crippen LogP contribution in [-0.4, -0.2) is 22.6 Å². The normalized spacial score (nSPS) is 12.1. The number of benzene rings is 1. The van der Waals surface area contributed by atoms with Crippen LogP contribution in [0.25, 0.3) is 0 Å². The number of nitrogens with zero attached hydrogens (tertiary/aromatic N) is 1. The zero-order valence-corrected chi connectivity index (χ0v) is 10.9. The van der Waals surface area contributed by atoms with Gasteiger partial charge in [0, 0.05) is 18.3 Å². The predicted octanol–water partition coefficient (Wildman–Crippen LogP) is 1.65. The summed E-state index contributed by atoms with van der Waals surface area (Å²) in [7, 11) is 0. The second-order valence-electron chi connectivity index (χ2n) is 4.32. The minimum absolute atomic E-state index is 0.136. The summed E-state index contributed by atoms with van der Waals surface area (Å²) in [5.41, 5.74) is 7.60. The number of aromatic amines is 1. The van der Waals surface area contributed by atoms with Crippen LogP contribution in [0.2, 0.25) is 0 Å². The number of anilines is 1. The topological polar surface area (TPSA) is 83.8 Å². The van der Waals surface area contributed by atoms with Crippen molar-refractivity contribution in [1.82, 2.24) is 10.2 Å². The van der Waals surface area contributed by atoms with Crippen LogP contribution in [-0.2, 0) is 11.2 Å². The molecule has 1 amide bonds. The first-order chi connectivity index (χ1) is 9.24. The molecule has 0 spiro atoms. The van der Waals surface area contributed by atoms with Crippen molar-refractivity contribution in [2.24, 2.45) is 5.73 Å². The van der Waals surface area contributed by atoms with Crippen molar-refractivity contribution in [3.8, 4) is 0 Å². The van der Waals surface area contributed by atoms with Crippen LogP contribution in [0.4, 0.5) is 5.82 Å². The summed E-state index contributed by atoms with van der Waals surface area (Å²) in [6.07, 6.45) is 0.849. The number of nitrogens with one attached hydrogen (secondary N) is 2. The van der Waals surface area contributed by atoms with Crippen LogP contribution in [0.1, 0.15) is 24.1 Å². The third-order valence-corrected chi connectivity index (χ3v) is 3.02.